The Morgan fingerprint density at radius 2 is 1.45 bits per heavy atom. The fraction of sp³-hybridized carbons (Fsp3) is 0.409. The van der Waals surface area contributed by atoms with Gasteiger partial charge in [-0.05, 0) is 59.5 Å². The highest BCUT2D eigenvalue weighted by atomic mass is 19.2. The highest BCUT2D eigenvalue weighted by Gasteiger charge is 2.29. The molecule has 0 saturated carbocycles. The fourth-order valence-electron chi connectivity index (χ4n) is 2.56. The Balaban J connectivity index is 2.67. The molecule has 0 aromatic heterocycles. The molecule has 160 valence electrons. The van der Waals surface area contributed by atoms with Gasteiger partial charge in [0.15, 0.2) is 17.3 Å². The van der Waals surface area contributed by atoms with Gasteiger partial charge in [-0.2, -0.15) is 8.78 Å². The van der Waals surface area contributed by atoms with Crippen molar-refractivity contribution < 1.29 is 32.9 Å². The number of carbonyl (C=O) groups is 1. The van der Waals surface area contributed by atoms with E-state index in [2.05, 4.69) is 32.9 Å². The van der Waals surface area contributed by atoms with Crippen LogP contribution in [0.15, 0.2) is 34.9 Å². The Morgan fingerprint density at radius 3 is 2.00 bits per heavy atom. The zero-order chi connectivity index (χ0) is 22.1. The van der Waals surface area contributed by atoms with Crippen LogP contribution in [0.3, 0.4) is 0 Å². The summed E-state index contributed by atoms with van der Waals surface area (Å²) < 4.78 is 46.5. The van der Waals surface area contributed by atoms with E-state index in [1.54, 1.807) is 6.08 Å². The second-order valence-electron chi connectivity index (χ2n) is 7.07. The number of phenols is 1. The molecule has 0 saturated heterocycles. The lowest BCUT2D eigenvalue weighted by Crippen LogP contribution is -2.09. The van der Waals surface area contributed by atoms with Crippen LogP contribution in [0.2, 0.25) is 0 Å². The number of hydrogen-bond donors (Lipinski definition) is 2. The molecule has 0 aliphatic rings. The zero-order valence-electron chi connectivity index (χ0n) is 17.1. The van der Waals surface area contributed by atoms with Crippen LogP contribution in [-0.4, -0.2) is 22.8 Å². The summed E-state index contributed by atoms with van der Waals surface area (Å²) in [5.41, 5.74) is 2.01. The number of aromatic hydroxyl groups is 1. The molecular formula is C22H27F3O4. The summed E-state index contributed by atoms with van der Waals surface area (Å²) in [7, 11) is 0. The van der Waals surface area contributed by atoms with E-state index in [0.717, 1.165) is 24.8 Å². The van der Waals surface area contributed by atoms with E-state index in [9.17, 15) is 23.1 Å². The minimum Gasteiger partial charge on any atom is -0.504 e. The largest absolute Gasteiger partial charge is 0.504 e. The number of hydrogen-bond acceptors (Lipinski definition) is 3. The topological polar surface area (TPSA) is 66.8 Å². The van der Waals surface area contributed by atoms with Gasteiger partial charge in [0, 0.05) is 0 Å². The molecule has 0 radical (unpaired) electrons. The maximum Gasteiger partial charge on any atom is 0.342 e. The molecule has 29 heavy (non-hydrogen) atoms. The molecule has 0 atom stereocenters. The van der Waals surface area contributed by atoms with Gasteiger partial charge in [0.05, 0.1) is 0 Å². The molecular weight excluding hydrogens is 385 g/mol. The van der Waals surface area contributed by atoms with Gasteiger partial charge >= 0.3 is 5.97 Å². The van der Waals surface area contributed by atoms with Crippen molar-refractivity contribution in [1.82, 2.24) is 0 Å². The van der Waals surface area contributed by atoms with Crippen molar-refractivity contribution in [3.63, 3.8) is 0 Å². The van der Waals surface area contributed by atoms with Gasteiger partial charge in [-0.3, -0.25) is 0 Å². The molecule has 0 aliphatic heterocycles. The molecule has 1 rings (SSSR count). The van der Waals surface area contributed by atoms with Crippen molar-refractivity contribution in [3.8, 4) is 11.5 Å². The van der Waals surface area contributed by atoms with Crippen LogP contribution >= 0.6 is 0 Å². The monoisotopic (exact) mass is 412 g/mol. The van der Waals surface area contributed by atoms with Crippen LogP contribution in [0.25, 0.3) is 0 Å². The van der Waals surface area contributed by atoms with Crippen LogP contribution in [0, 0.1) is 17.5 Å². The summed E-state index contributed by atoms with van der Waals surface area (Å²) in [6.07, 6.45) is 9.40. The van der Waals surface area contributed by atoms with Gasteiger partial charge in [-0.1, -0.05) is 28.9 Å². The molecule has 0 aliphatic carbocycles. The van der Waals surface area contributed by atoms with Crippen LogP contribution in [0.1, 0.15) is 63.7 Å². The van der Waals surface area contributed by atoms with Crippen molar-refractivity contribution >= 4 is 5.97 Å². The summed E-state index contributed by atoms with van der Waals surface area (Å²) in [5.74, 6) is -9.95. The standard InChI is InChI=1S/C22H27F3O4/c1-13(2)7-5-8-14(3)9-6-10-15(4)11-12-29-21-18(24)17(23)16(22(27)28)20(26)19(21)25/h7,9,11,26H,5-6,8,10,12H2,1-4H3,(H,27,28)/b14-9+,15-11+. The Kier molecular flexibility index (Phi) is 9.51. The van der Waals surface area contributed by atoms with Gasteiger partial charge in [0.1, 0.15) is 12.2 Å². The minimum atomic E-state index is -1.98. The number of allylic oxidation sites excluding steroid dienone is 5. The van der Waals surface area contributed by atoms with Crippen molar-refractivity contribution in [2.24, 2.45) is 0 Å². The first kappa shape index (κ1) is 24.3. The first-order valence-electron chi connectivity index (χ1n) is 9.26. The van der Waals surface area contributed by atoms with Crippen LogP contribution < -0.4 is 4.74 Å². The third-order valence-electron chi connectivity index (χ3n) is 4.25. The number of rotatable bonds is 10. The van der Waals surface area contributed by atoms with Crippen molar-refractivity contribution in [2.75, 3.05) is 6.61 Å². The summed E-state index contributed by atoms with van der Waals surface area (Å²) in [6.45, 7) is 7.75. The lowest BCUT2D eigenvalue weighted by Gasteiger charge is -2.11. The molecule has 0 fully saturated rings. The first-order chi connectivity index (χ1) is 13.6. The molecule has 1 aromatic carbocycles. The van der Waals surface area contributed by atoms with Gasteiger partial charge in [0.25, 0.3) is 0 Å². The average molecular weight is 412 g/mol. The lowest BCUT2D eigenvalue weighted by atomic mass is 10.1. The minimum absolute atomic E-state index is 0.256. The van der Waals surface area contributed by atoms with E-state index in [1.165, 1.54) is 11.1 Å². The predicted molar refractivity (Wildman–Crippen MR) is 106 cm³/mol. The predicted octanol–water partition coefficient (Wildman–Crippen LogP) is 6.31. The third kappa shape index (κ3) is 7.33. The Bertz CT molecular complexity index is 806. The second kappa shape index (κ2) is 11.3. The van der Waals surface area contributed by atoms with Crippen molar-refractivity contribution in [1.29, 1.82) is 0 Å². The molecule has 1 aromatic rings. The van der Waals surface area contributed by atoms with Gasteiger partial charge in [-0.25, -0.2) is 9.18 Å². The lowest BCUT2D eigenvalue weighted by molar-refractivity contribution is 0.0685. The maximum atomic E-state index is 14.0. The van der Waals surface area contributed by atoms with E-state index in [0.29, 0.717) is 6.42 Å². The van der Waals surface area contributed by atoms with E-state index in [-0.39, 0.29) is 6.61 Å². The molecule has 0 spiro atoms. The molecule has 0 heterocycles. The number of carboxylic acids is 1. The van der Waals surface area contributed by atoms with Crippen molar-refractivity contribution in [3.05, 3.63) is 58.0 Å². The number of halogens is 3. The van der Waals surface area contributed by atoms with E-state index in [1.807, 2.05) is 6.92 Å². The quantitative estimate of drug-likeness (QED) is 0.349. The molecule has 2 N–H and O–H groups in total. The van der Waals surface area contributed by atoms with Gasteiger partial charge in [0.2, 0.25) is 11.6 Å². The Labute approximate surface area is 169 Å². The molecule has 7 heteroatoms. The highest BCUT2D eigenvalue weighted by Crippen LogP contribution is 2.35. The summed E-state index contributed by atoms with van der Waals surface area (Å²) in [5, 5.41) is 18.2. The Morgan fingerprint density at radius 1 is 0.897 bits per heavy atom. The van der Waals surface area contributed by atoms with Gasteiger partial charge in [-0.15, -0.1) is 0 Å². The summed E-state index contributed by atoms with van der Waals surface area (Å²) in [4.78, 5) is 10.8. The first-order valence-corrected chi connectivity index (χ1v) is 9.26. The average Bonchev–Trinajstić information content (AvgIpc) is 2.62. The van der Waals surface area contributed by atoms with E-state index >= 15 is 0 Å². The molecule has 4 nitrogen and oxygen atoms in total. The smallest absolute Gasteiger partial charge is 0.342 e. The van der Waals surface area contributed by atoms with Crippen molar-refractivity contribution in [2.45, 2.75) is 53.4 Å². The second-order valence-corrected chi connectivity index (χ2v) is 7.07. The zero-order valence-corrected chi connectivity index (χ0v) is 17.1. The number of ether oxygens (including phenoxy) is 1. The normalized spacial score (nSPS) is 12.1. The molecule has 0 unspecified atom stereocenters. The number of carboxylic acid groups (broad SMARTS) is 1. The van der Waals surface area contributed by atoms with E-state index in [4.69, 9.17) is 9.84 Å². The number of aromatic carboxylic acids is 1. The van der Waals surface area contributed by atoms with E-state index < -0.39 is 40.5 Å². The van der Waals surface area contributed by atoms with Gasteiger partial charge < -0.3 is 14.9 Å². The fourth-order valence-corrected chi connectivity index (χ4v) is 2.56. The molecule has 0 bridgehead atoms. The highest BCUT2D eigenvalue weighted by molar-refractivity contribution is 5.91. The summed E-state index contributed by atoms with van der Waals surface area (Å²) in [6, 6.07) is 0. The number of benzene rings is 1. The maximum absolute atomic E-state index is 14.0. The Hall–Kier alpha value is -2.70. The van der Waals surface area contributed by atoms with Crippen LogP contribution in [0.4, 0.5) is 13.2 Å². The van der Waals surface area contributed by atoms with Crippen LogP contribution in [-0.2, 0) is 0 Å². The SMILES string of the molecule is CC(C)=CCC/C(C)=C/CC/C(C)=C/COc1c(F)c(O)c(C(=O)O)c(F)c1F. The summed E-state index contributed by atoms with van der Waals surface area (Å²) >= 11 is 0. The van der Waals surface area contributed by atoms with Crippen LogP contribution in [0.5, 0.6) is 11.5 Å². The molecule has 0 amide bonds. The third-order valence-corrected chi connectivity index (χ3v) is 4.25.